The highest BCUT2D eigenvalue weighted by atomic mass is 35.5. The van der Waals surface area contributed by atoms with Crippen LogP contribution < -0.4 is 5.32 Å². The Morgan fingerprint density at radius 2 is 2.14 bits per heavy atom. The molecule has 3 heteroatoms. The molecule has 0 amide bonds. The van der Waals surface area contributed by atoms with Gasteiger partial charge in [0, 0.05) is 23.9 Å². The summed E-state index contributed by atoms with van der Waals surface area (Å²) in [7, 11) is 0. The Morgan fingerprint density at radius 1 is 1.36 bits per heavy atom. The Kier molecular flexibility index (Phi) is 4.77. The lowest BCUT2D eigenvalue weighted by atomic mass is 10.2. The van der Waals surface area contributed by atoms with Gasteiger partial charge in [-0.25, -0.2) is 0 Å². The number of benzene rings is 1. The molecular formula is C11H16ClNO. The van der Waals surface area contributed by atoms with Gasteiger partial charge in [-0.3, -0.25) is 0 Å². The Balaban J connectivity index is 2.46. The lowest BCUT2D eigenvalue weighted by molar-refractivity contribution is 0.286. The van der Waals surface area contributed by atoms with E-state index in [-0.39, 0.29) is 6.61 Å². The number of halogens is 1. The molecular weight excluding hydrogens is 198 g/mol. The SMILES string of the molecule is Cc1c(Cl)cccc1NCCCCO. The van der Waals surface area contributed by atoms with Crippen molar-refractivity contribution in [1.29, 1.82) is 0 Å². The van der Waals surface area contributed by atoms with Gasteiger partial charge in [-0.2, -0.15) is 0 Å². The van der Waals surface area contributed by atoms with E-state index < -0.39 is 0 Å². The smallest absolute Gasteiger partial charge is 0.0455 e. The van der Waals surface area contributed by atoms with Crippen molar-refractivity contribution >= 4 is 17.3 Å². The summed E-state index contributed by atoms with van der Waals surface area (Å²) in [6.07, 6.45) is 1.81. The Morgan fingerprint density at radius 3 is 2.86 bits per heavy atom. The molecule has 1 aromatic rings. The van der Waals surface area contributed by atoms with E-state index in [1.54, 1.807) is 0 Å². The maximum atomic E-state index is 8.61. The summed E-state index contributed by atoms with van der Waals surface area (Å²) in [5.74, 6) is 0. The second-order valence-corrected chi connectivity index (χ2v) is 3.68. The zero-order chi connectivity index (χ0) is 10.4. The third-order valence-corrected chi connectivity index (χ3v) is 2.58. The molecule has 0 aliphatic carbocycles. The molecule has 0 atom stereocenters. The molecule has 0 saturated carbocycles. The van der Waals surface area contributed by atoms with Crippen LogP contribution in [0.4, 0.5) is 5.69 Å². The van der Waals surface area contributed by atoms with Gasteiger partial charge in [-0.1, -0.05) is 17.7 Å². The molecule has 1 rings (SSSR count). The number of hydrogen-bond donors (Lipinski definition) is 2. The molecule has 0 bridgehead atoms. The third kappa shape index (κ3) is 3.20. The van der Waals surface area contributed by atoms with Crippen LogP contribution >= 0.6 is 11.6 Å². The molecule has 0 radical (unpaired) electrons. The highest BCUT2D eigenvalue weighted by Gasteiger charge is 2.00. The van der Waals surface area contributed by atoms with Crippen molar-refractivity contribution in [3.05, 3.63) is 28.8 Å². The van der Waals surface area contributed by atoms with E-state index >= 15 is 0 Å². The summed E-state index contributed by atoms with van der Waals surface area (Å²) in [6, 6.07) is 5.83. The minimum Gasteiger partial charge on any atom is -0.396 e. The molecule has 2 nitrogen and oxygen atoms in total. The van der Waals surface area contributed by atoms with Gasteiger partial charge in [0.05, 0.1) is 0 Å². The first kappa shape index (κ1) is 11.3. The fraction of sp³-hybridized carbons (Fsp3) is 0.455. The Hall–Kier alpha value is -0.730. The Bertz CT molecular complexity index is 289. The van der Waals surface area contributed by atoms with E-state index in [0.29, 0.717) is 0 Å². The minimum atomic E-state index is 0.260. The predicted molar refractivity (Wildman–Crippen MR) is 61.0 cm³/mol. The lowest BCUT2D eigenvalue weighted by Crippen LogP contribution is -2.03. The monoisotopic (exact) mass is 213 g/mol. The van der Waals surface area contributed by atoms with E-state index in [1.807, 2.05) is 25.1 Å². The first-order chi connectivity index (χ1) is 6.75. The van der Waals surface area contributed by atoms with Gasteiger partial charge in [0.1, 0.15) is 0 Å². The summed E-state index contributed by atoms with van der Waals surface area (Å²) in [4.78, 5) is 0. The third-order valence-electron chi connectivity index (χ3n) is 2.17. The largest absolute Gasteiger partial charge is 0.396 e. The number of anilines is 1. The van der Waals surface area contributed by atoms with Gasteiger partial charge >= 0.3 is 0 Å². The van der Waals surface area contributed by atoms with E-state index in [0.717, 1.165) is 35.7 Å². The molecule has 0 aliphatic heterocycles. The van der Waals surface area contributed by atoms with E-state index in [9.17, 15) is 0 Å². The molecule has 2 N–H and O–H groups in total. The standard InChI is InChI=1S/C11H16ClNO/c1-9-10(12)5-4-6-11(9)13-7-2-3-8-14/h4-6,13-14H,2-3,7-8H2,1H3. The molecule has 0 aliphatic rings. The summed E-state index contributed by atoms with van der Waals surface area (Å²) in [5.41, 5.74) is 2.16. The molecule has 78 valence electrons. The molecule has 14 heavy (non-hydrogen) atoms. The molecule has 0 saturated heterocycles. The number of rotatable bonds is 5. The second-order valence-electron chi connectivity index (χ2n) is 3.27. The first-order valence-corrected chi connectivity index (χ1v) is 5.23. The fourth-order valence-corrected chi connectivity index (χ4v) is 1.43. The molecule has 1 aromatic carbocycles. The maximum absolute atomic E-state index is 8.61. The molecule has 0 fully saturated rings. The summed E-state index contributed by atoms with van der Waals surface area (Å²) >= 11 is 5.97. The van der Waals surface area contributed by atoms with Crippen LogP contribution in [0.2, 0.25) is 5.02 Å². The van der Waals surface area contributed by atoms with Crippen molar-refractivity contribution in [2.45, 2.75) is 19.8 Å². The van der Waals surface area contributed by atoms with Gasteiger partial charge in [-0.05, 0) is 37.5 Å². The van der Waals surface area contributed by atoms with Crippen molar-refractivity contribution in [2.75, 3.05) is 18.5 Å². The number of aliphatic hydroxyl groups excluding tert-OH is 1. The molecule has 0 unspecified atom stereocenters. The average molecular weight is 214 g/mol. The average Bonchev–Trinajstić information content (AvgIpc) is 2.19. The van der Waals surface area contributed by atoms with Crippen molar-refractivity contribution in [1.82, 2.24) is 0 Å². The van der Waals surface area contributed by atoms with Crippen molar-refractivity contribution in [3.63, 3.8) is 0 Å². The van der Waals surface area contributed by atoms with Crippen LogP contribution in [0, 0.1) is 6.92 Å². The number of nitrogens with one attached hydrogen (secondary N) is 1. The molecule has 0 heterocycles. The van der Waals surface area contributed by atoms with Crippen LogP contribution in [0.5, 0.6) is 0 Å². The van der Waals surface area contributed by atoms with E-state index in [2.05, 4.69) is 5.32 Å². The highest BCUT2D eigenvalue weighted by molar-refractivity contribution is 6.31. The number of unbranched alkanes of at least 4 members (excludes halogenated alkanes) is 1. The predicted octanol–water partition coefficient (Wildman–Crippen LogP) is 2.83. The quantitative estimate of drug-likeness (QED) is 0.738. The lowest BCUT2D eigenvalue weighted by Gasteiger charge is -2.09. The van der Waals surface area contributed by atoms with Crippen LogP contribution in [-0.2, 0) is 0 Å². The van der Waals surface area contributed by atoms with Crippen LogP contribution in [0.15, 0.2) is 18.2 Å². The highest BCUT2D eigenvalue weighted by Crippen LogP contribution is 2.22. The zero-order valence-corrected chi connectivity index (χ0v) is 9.14. The van der Waals surface area contributed by atoms with E-state index in [4.69, 9.17) is 16.7 Å². The maximum Gasteiger partial charge on any atom is 0.0455 e. The Labute approximate surface area is 89.9 Å². The molecule has 0 spiro atoms. The van der Waals surface area contributed by atoms with Crippen LogP contribution in [0.25, 0.3) is 0 Å². The number of hydrogen-bond acceptors (Lipinski definition) is 2. The fourth-order valence-electron chi connectivity index (χ4n) is 1.26. The summed E-state index contributed by atoms with van der Waals surface area (Å²) < 4.78 is 0. The van der Waals surface area contributed by atoms with Gasteiger partial charge in [-0.15, -0.1) is 0 Å². The van der Waals surface area contributed by atoms with Crippen molar-refractivity contribution < 1.29 is 5.11 Å². The molecule has 0 aromatic heterocycles. The van der Waals surface area contributed by atoms with Crippen LogP contribution in [0.1, 0.15) is 18.4 Å². The topological polar surface area (TPSA) is 32.3 Å². The summed E-state index contributed by atoms with van der Waals surface area (Å²) in [5, 5.41) is 12.7. The van der Waals surface area contributed by atoms with Crippen LogP contribution in [-0.4, -0.2) is 18.3 Å². The van der Waals surface area contributed by atoms with E-state index in [1.165, 1.54) is 0 Å². The summed E-state index contributed by atoms with van der Waals surface area (Å²) in [6.45, 7) is 3.13. The van der Waals surface area contributed by atoms with Crippen molar-refractivity contribution in [2.24, 2.45) is 0 Å². The van der Waals surface area contributed by atoms with Gasteiger partial charge in [0.15, 0.2) is 0 Å². The van der Waals surface area contributed by atoms with Gasteiger partial charge < -0.3 is 10.4 Å². The second kappa shape index (κ2) is 5.89. The minimum absolute atomic E-state index is 0.260. The zero-order valence-electron chi connectivity index (χ0n) is 8.39. The van der Waals surface area contributed by atoms with Gasteiger partial charge in [0.25, 0.3) is 0 Å². The van der Waals surface area contributed by atoms with Crippen LogP contribution in [0.3, 0.4) is 0 Å². The normalized spacial score (nSPS) is 10.2. The number of aliphatic hydroxyl groups is 1. The first-order valence-electron chi connectivity index (χ1n) is 4.85. The van der Waals surface area contributed by atoms with Gasteiger partial charge in [0.2, 0.25) is 0 Å². The van der Waals surface area contributed by atoms with Crippen molar-refractivity contribution in [3.8, 4) is 0 Å².